The fourth-order valence-corrected chi connectivity index (χ4v) is 5.11. The molecule has 1 aliphatic rings. The lowest BCUT2D eigenvalue weighted by Crippen LogP contribution is -2.51. The number of halogens is 3. The maximum absolute atomic E-state index is 14.4. The van der Waals surface area contributed by atoms with E-state index in [4.69, 9.17) is 0 Å². The number of hydrogen-bond donors (Lipinski definition) is 2. The summed E-state index contributed by atoms with van der Waals surface area (Å²) in [6.45, 7) is 3.74. The van der Waals surface area contributed by atoms with Crippen LogP contribution in [0.15, 0.2) is 48.8 Å². The molecule has 184 valence electrons. The Morgan fingerprint density at radius 2 is 1.80 bits per heavy atom. The molecule has 0 bridgehead atoms. The number of nitrogens with zero attached hydrogens (tertiary/aromatic N) is 2. The highest BCUT2D eigenvalue weighted by molar-refractivity contribution is 5.96. The third-order valence-corrected chi connectivity index (χ3v) is 7.21. The Kier molecular flexibility index (Phi) is 7.05. The Morgan fingerprint density at radius 3 is 2.46 bits per heavy atom. The summed E-state index contributed by atoms with van der Waals surface area (Å²) < 4.78 is 42.9. The fourth-order valence-electron chi connectivity index (χ4n) is 5.11. The van der Waals surface area contributed by atoms with Crippen molar-refractivity contribution in [3.05, 3.63) is 83.1 Å². The summed E-state index contributed by atoms with van der Waals surface area (Å²) in [6, 6.07) is 7.10. The van der Waals surface area contributed by atoms with Crippen LogP contribution in [-0.4, -0.2) is 37.7 Å². The van der Waals surface area contributed by atoms with Crippen LogP contribution in [0.1, 0.15) is 60.6 Å². The van der Waals surface area contributed by atoms with Crippen molar-refractivity contribution in [2.24, 2.45) is 5.92 Å². The van der Waals surface area contributed by atoms with Gasteiger partial charge in [-0.2, -0.15) is 0 Å². The second kappa shape index (κ2) is 9.87. The number of carbonyl (C=O) groups is 1. The molecule has 0 amide bonds. The van der Waals surface area contributed by atoms with E-state index in [0.29, 0.717) is 24.8 Å². The quantitative estimate of drug-likeness (QED) is 0.481. The van der Waals surface area contributed by atoms with Gasteiger partial charge in [-0.1, -0.05) is 19.9 Å². The summed E-state index contributed by atoms with van der Waals surface area (Å²) >= 11 is 0. The van der Waals surface area contributed by atoms with Gasteiger partial charge in [0.25, 0.3) is 0 Å². The lowest BCUT2D eigenvalue weighted by atomic mass is 9.66. The number of carbonyl (C=O) groups excluding carboxylic acids is 1. The summed E-state index contributed by atoms with van der Waals surface area (Å²) in [4.78, 5) is 21.2. The molecule has 5 nitrogen and oxygen atoms in total. The van der Waals surface area contributed by atoms with Crippen molar-refractivity contribution in [1.29, 1.82) is 0 Å². The Bertz CT molecular complexity index is 1220. The van der Waals surface area contributed by atoms with E-state index in [2.05, 4.69) is 9.97 Å². The van der Waals surface area contributed by atoms with E-state index in [-0.39, 0.29) is 24.0 Å². The molecule has 0 unspecified atom stereocenters. The van der Waals surface area contributed by atoms with Gasteiger partial charge in [0.15, 0.2) is 5.78 Å². The molecule has 2 heterocycles. The van der Waals surface area contributed by atoms with Gasteiger partial charge in [-0.3, -0.25) is 9.78 Å². The van der Waals surface area contributed by atoms with Gasteiger partial charge in [0, 0.05) is 18.8 Å². The van der Waals surface area contributed by atoms with Gasteiger partial charge in [-0.15, -0.1) is 0 Å². The van der Waals surface area contributed by atoms with Crippen molar-refractivity contribution in [3.8, 4) is 11.3 Å². The highest BCUT2D eigenvalue weighted by Gasteiger charge is 2.45. The molecule has 4 atom stereocenters. The number of benzene rings is 1. The number of aromatic nitrogens is 2. The third-order valence-electron chi connectivity index (χ3n) is 7.21. The van der Waals surface area contributed by atoms with Crippen LogP contribution in [0.4, 0.5) is 13.2 Å². The number of ketones is 1. The van der Waals surface area contributed by atoms with Crippen molar-refractivity contribution >= 4 is 5.78 Å². The molecule has 8 heteroatoms. The SMILES string of the molecule is CC[C@]1(O)[C@H](C)C[C@H](c2ccncc2CC(=O)c2ccc(F)c(-c3c(F)cccc3F)n2)C[C@@H]1O. The van der Waals surface area contributed by atoms with Gasteiger partial charge in [0.05, 0.1) is 17.3 Å². The molecule has 0 spiro atoms. The number of hydrogen-bond acceptors (Lipinski definition) is 5. The van der Waals surface area contributed by atoms with E-state index in [0.717, 1.165) is 29.8 Å². The molecule has 0 saturated heterocycles. The molecular weight excluding hydrogens is 457 g/mol. The molecule has 3 aromatic rings. The highest BCUT2D eigenvalue weighted by Crippen LogP contribution is 2.44. The number of rotatable bonds is 6. The van der Waals surface area contributed by atoms with E-state index in [1.165, 1.54) is 6.07 Å². The van der Waals surface area contributed by atoms with E-state index in [9.17, 15) is 28.2 Å². The first-order valence-corrected chi connectivity index (χ1v) is 11.6. The summed E-state index contributed by atoms with van der Waals surface area (Å²) in [5.41, 5.74) is -1.03. The number of aliphatic hydroxyl groups is 2. The van der Waals surface area contributed by atoms with Gasteiger partial charge in [0.1, 0.15) is 28.8 Å². The monoisotopic (exact) mass is 484 g/mol. The smallest absolute Gasteiger partial charge is 0.185 e. The minimum Gasteiger partial charge on any atom is -0.390 e. The van der Waals surface area contributed by atoms with Crippen LogP contribution >= 0.6 is 0 Å². The second-order valence-corrected chi connectivity index (χ2v) is 9.23. The molecule has 1 aliphatic carbocycles. The average Bonchev–Trinajstić information content (AvgIpc) is 2.83. The zero-order valence-corrected chi connectivity index (χ0v) is 19.5. The van der Waals surface area contributed by atoms with Crippen LogP contribution in [0.3, 0.4) is 0 Å². The van der Waals surface area contributed by atoms with Gasteiger partial charge in [0.2, 0.25) is 0 Å². The van der Waals surface area contributed by atoms with E-state index >= 15 is 0 Å². The minimum atomic E-state index is -1.16. The summed E-state index contributed by atoms with van der Waals surface area (Å²) in [7, 11) is 0. The van der Waals surface area contributed by atoms with E-state index in [1.807, 2.05) is 13.8 Å². The van der Waals surface area contributed by atoms with Gasteiger partial charge < -0.3 is 10.2 Å². The number of Topliss-reactive ketones (excluding diaryl/α,β-unsaturated/α-hetero) is 1. The standard InChI is InChI=1S/C27H27F3N2O3/c1-3-27(35)15(2)11-16(13-24(27)34)18-9-10-31-14-17(18)12-23(33)22-8-7-21(30)26(32-22)25-19(28)5-4-6-20(25)29/h4-10,14-16,24,34-35H,3,11-13H2,1-2H3/t15-,16+,24+,27+/m1/s1. The zero-order chi connectivity index (χ0) is 25.3. The van der Waals surface area contributed by atoms with E-state index < -0.39 is 46.2 Å². The first-order chi connectivity index (χ1) is 16.7. The number of aliphatic hydroxyl groups excluding tert-OH is 1. The Balaban J connectivity index is 1.62. The molecule has 4 rings (SSSR count). The Hall–Kier alpha value is -3.10. The first kappa shape index (κ1) is 25.0. The predicted octanol–water partition coefficient (Wildman–Crippen LogP) is 5.00. The topological polar surface area (TPSA) is 83.3 Å². The largest absolute Gasteiger partial charge is 0.390 e. The molecule has 1 fully saturated rings. The molecular formula is C27H27F3N2O3. The maximum Gasteiger partial charge on any atom is 0.185 e. The van der Waals surface area contributed by atoms with Gasteiger partial charge in [-0.05, 0) is 72.6 Å². The summed E-state index contributed by atoms with van der Waals surface area (Å²) in [5, 5.41) is 21.5. The van der Waals surface area contributed by atoms with Crippen LogP contribution in [0, 0.1) is 23.4 Å². The lowest BCUT2D eigenvalue weighted by molar-refractivity contribution is -0.138. The van der Waals surface area contributed by atoms with Crippen LogP contribution in [0.2, 0.25) is 0 Å². The molecule has 2 aromatic heterocycles. The Labute approximate surface area is 201 Å². The number of pyridine rings is 2. The van der Waals surface area contributed by atoms with Gasteiger partial charge >= 0.3 is 0 Å². The third kappa shape index (κ3) is 4.73. The fraction of sp³-hybridized carbons (Fsp3) is 0.370. The zero-order valence-electron chi connectivity index (χ0n) is 19.5. The summed E-state index contributed by atoms with van der Waals surface area (Å²) in [5.74, 6) is -3.62. The van der Waals surface area contributed by atoms with Crippen LogP contribution < -0.4 is 0 Å². The lowest BCUT2D eigenvalue weighted by Gasteiger charge is -2.45. The second-order valence-electron chi connectivity index (χ2n) is 9.23. The van der Waals surface area contributed by atoms with Crippen molar-refractivity contribution in [1.82, 2.24) is 9.97 Å². The van der Waals surface area contributed by atoms with Crippen molar-refractivity contribution in [2.45, 2.75) is 57.2 Å². The molecule has 1 saturated carbocycles. The molecule has 1 aromatic carbocycles. The minimum absolute atomic E-state index is 0.0955. The van der Waals surface area contributed by atoms with Crippen LogP contribution in [0.5, 0.6) is 0 Å². The molecule has 0 aliphatic heterocycles. The van der Waals surface area contributed by atoms with Gasteiger partial charge in [-0.25, -0.2) is 18.2 Å². The van der Waals surface area contributed by atoms with Crippen molar-refractivity contribution in [2.75, 3.05) is 0 Å². The maximum atomic E-state index is 14.4. The average molecular weight is 485 g/mol. The first-order valence-electron chi connectivity index (χ1n) is 11.6. The van der Waals surface area contributed by atoms with Crippen molar-refractivity contribution < 1.29 is 28.2 Å². The van der Waals surface area contributed by atoms with Crippen molar-refractivity contribution in [3.63, 3.8) is 0 Å². The Morgan fingerprint density at radius 1 is 1.09 bits per heavy atom. The van der Waals surface area contributed by atoms with Crippen LogP contribution in [0.25, 0.3) is 11.3 Å². The normalized spacial score (nSPS) is 24.4. The van der Waals surface area contributed by atoms with E-state index in [1.54, 1.807) is 18.5 Å². The van der Waals surface area contributed by atoms with Crippen LogP contribution in [-0.2, 0) is 6.42 Å². The highest BCUT2D eigenvalue weighted by atomic mass is 19.1. The molecule has 0 radical (unpaired) electrons. The summed E-state index contributed by atoms with van der Waals surface area (Å²) in [6.07, 6.45) is 3.55. The predicted molar refractivity (Wildman–Crippen MR) is 124 cm³/mol. The molecule has 2 N–H and O–H groups in total. The molecule has 35 heavy (non-hydrogen) atoms.